The molecule has 0 spiro atoms. The molecule has 0 bridgehead atoms. The summed E-state index contributed by atoms with van der Waals surface area (Å²) >= 11 is 0. The lowest BCUT2D eigenvalue weighted by atomic mass is 9.79. The van der Waals surface area contributed by atoms with Gasteiger partial charge in [-0.25, -0.2) is 4.79 Å². The standard InChI is InChI=1S/C14H26N4O2/c1-3-16-13(20)18-10-8-17(9-11-18)12(19)14(2)4-6-15-7-5-14/h15H,3-11H2,1-2H3,(H,16,20). The first-order chi connectivity index (χ1) is 9.57. The molecule has 3 amide bonds. The number of piperidine rings is 1. The predicted molar refractivity (Wildman–Crippen MR) is 77.4 cm³/mol. The number of carbonyl (C=O) groups excluding carboxylic acids is 2. The van der Waals surface area contributed by atoms with Gasteiger partial charge >= 0.3 is 6.03 Å². The molecule has 0 aliphatic carbocycles. The Morgan fingerprint density at radius 2 is 1.65 bits per heavy atom. The zero-order valence-corrected chi connectivity index (χ0v) is 12.6. The van der Waals surface area contributed by atoms with Crippen LogP contribution < -0.4 is 10.6 Å². The van der Waals surface area contributed by atoms with E-state index in [0.29, 0.717) is 32.7 Å². The van der Waals surface area contributed by atoms with Crippen molar-refractivity contribution < 1.29 is 9.59 Å². The fourth-order valence-electron chi connectivity index (χ4n) is 2.95. The van der Waals surface area contributed by atoms with Gasteiger partial charge in [0.1, 0.15) is 0 Å². The number of hydrogen-bond acceptors (Lipinski definition) is 3. The van der Waals surface area contributed by atoms with E-state index in [-0.39, 0.29) is 17.4 Å². The van der Waals surface area contributed by atoms with Crippen LogP contribution in [0.3, 0.4) is 0 Å². The fourth-order valence-corrected chi connectivity index (χ4v) is 2.95. The molecule has 0 atom stereocenters. The monoisotopic (exact) mass is 282 g/mol. The Bertz CT molecular complexity index is 358. The quantitative estimate of drug-likeness (QED) is 0.763. The summed E-state index contributed by atoms with van der Waals surface area (Å²) < 4.78 is 0. The van der Waals surface area contributed by atoms with Crippen LogP contribution in [0.5, 0.6) is 0 Å². The van der Waals surface area contributed by atoms with Crippen molar-refractivity contribution in [1.82, 2.24) is 20.4 Å². The van der Waals surface area contributed by atoms with Crippen molar-refractivity contribution in [2.24, 2.45) is 5.41 Å². The summed E-state index contributed by atoms with van der Waals surface area (Å²) in [5.74, 6) is 0.259. The largest absolute Gasteiger partial charge is 0.339 e. The molecule has 0 radical (unpaired) electrons. The third-order valence-electron chi connectivity index (χ3n) is 4.41. The van der Waals surface area contributed by atoms with Crippen LogP contribution >= 0.6 is 0 Å². The second kappa shape index (κ2) is 6.43. The van der Waals surface area contributed by atoms with E-state index in [9.17, 15) is 9.59 Å². The van der Waals surface area contributed by atoms with Gasteiger partial charge in [-0.15, -0.1) is 0 Å². The highest BCUT2D eigenvalue weighted by atomic mass is 16.2. The lowest BCUT2D eigenvalue weighted by Crippen LogP contribution is -2.56. The van der Waals surface area contributed by atoms with Crippen molar-refractivity contribution in [3.8, 4) is 0 Å². The van der Waals surface area contributed by atoms with Gasteiger partial charge in [0.2, 0.25) is 5.91 Å². The summed E-state index contributed by atoms with van der Waals surface area (Å²) in [5, 5.41) is 6.11. The van der Waals surface area contributed by atoms with E-state index in [1.807, 2.05) is 11.8 Å². The molecule has 2 fully saturated rings. The molecule has 0 aromatic carbocycles. The van der Waals surface area contributed by atoms with Gasteiger partial charge < -0.3 is 20.4 Å². The molecule has 0 unspecified atom stereocenters. The Labute approximate surface area is 120 Å². The Morgan fingerprint density at radius 3 is 2.20 bits per heavy atom. The molecule has 2 saturated heterocycles. The molecule has 0 aromatic heterocycles. The molecule has 2 aliphatic heterocycles. The number of urea groups is 1. The molecule has 2 N–H and O–H groups in total. The Kier molecular flexibility index (Phi) is 4.86. The molecule has 114 valence electrons. The van der Waals surface area contributed by atoms with Gasteiger partial charge in [0.15, 0.2) is 0 Å². The number of rotatable bonds is 2. The smallest absolute Gasteiger partial charge is 0.317 e. The van der Waals surface area contributed by atoms with Gasteiger partial charge in [0.25, 0.3) is 0 Å². The van der Waals surface area contributed by atoms with Crippen molar-refractivity contribution in [3.63, 3.8) is 0 Å². The maximum atomic E-state index is 12.7. The lowest BCUT2D eigenvalue weighted by molar-refractivity contribution is -0.144. The topological polar surface area (TPSA) is 64.7 Å². The Morgan fingerprint density at radius 1 is 1.10 bits per heavy atom. The Hall–Kier alpha value is -1.30. The number of amides is 3. The van der Waals surface area contributed by atoms with Crippen LogP contribution in [-0.2, 0) is 4.79 Å². The number of nitrogens with one attached hydrogen (secondary N) is 2. The molecular formula is C14H26N4O2. The van der Waals surface area contributed by atoms with Crippen molar-refractivity contribution in [2.75, 3.05) is 45.8 Å². The Balaban J connectivity index is 1.87. The SMILES string of the molecule is CCNC(=O)N1CCN(C(=O)C2(C)CCNCC2)CC1. The zero-order valence-electron chi connectivity index (χ0n) is 12.6. The first-order valence-corrected chi connectivity index (χ1v) is 7.60. The van der Waals surface area contributed by atoms with Crippen LogP contribution in [0.4, 0.5) is 4.79 Å². The molecule has 2 aliphatic rings. The number of nitrogens with zero attached hydrogens (tertiary/aromatic N) is 2. The molecule has 2 rings (SSSR count). The van der Waals surface area contributed by atoms with E-state index >= 15 is 0 Å². The second-order valence-electron chi connectivity index (χ2n) is 5.93. The maximum Gasteiger partial charge on any atom is 0.317 e. The molecular weight excluding hydrogens is 256 g/mol. The third-order valence-corrected chi connectivity index (χ3v) is 4.41. The lowest BCUT2D eigenvalue weighted by Gasteiger charge is -2.41. The number of hydrogen-bond donors (Lipinski definition) is 2. The molecule has 6 heteroatoms. The van der Waals surface area contributed by atoms with E-state index in [2.05, 4.69) is 17.6 Å². The van der Waals surface area contributed by atoms with Gasteiger partial charge in [-0.05, 0) is 32.9 Å². The van der Waals surface area contributed by atoms with Gasteiger partial charge in [-0.1, -0.05) is 6.92 Å². The highest BCUT2D eigenvalue weighted by Gasteiger charge is 2.38. The summed E-state index contributed by atoms with van der Waals surface area (Å²) in [7, 11) is 0. The first-order valence-electron chi connectivity index (χ1n) is 7.60. The summed E-state index contributed by atoms with van der Waals surface area (Å²) in [5.41, 5.74) is -0.223. The van der Waals surface area contributed by atoms with Gasteiger partial charge in [-0.2, -0.15) is 0 Å². The average molecular weight is 282 g/mol. The highest BCUT2D eigenvalue weighted by molar-refractivity contribution is 5.83. The van der Waals surface area contributed by atoms with E-state index in [1.165, 1.54) is 0 Å². The molecule has 6 nitrogen and oxygen atoms in total. The average Bonchev–Trinajstić information content (AvgIpc) is 2.48. The minimum Gasteiger partial charge on any atom is -0.339 e. The van der Waals surface area contributed by atoms with E-state index < -0.39 is 0 Å². The zero-order chi connectivity index (χ0) is 14.6. The van der Waals surface area contributed by atoms with Crippen molar-refractivity contribution in [1.29, 1.82) is 0 Å². The summed E-state index contributed by atoms with van der Waals surface area (Å²) in [4.78, 5) is 28.1. The first kappa shape index (κ1) is 15.1. The van der Waals surface area contributed by atoms with Crippen LogP contribution in [0.15, 0.2) is 0 Å². The van der Waals surface area contributed by atoms with E-state index in [4.69, 9.17) is 0 Å². The third kappa shape index (κ3) is 3.23. The van der Waals surface area contributed by atoms with Crippen molar-refractivity contribution >= 4 is 11.9 Å². The van der Waals surface area contributed by atoms with Gasteiger partial charge in [0, 0.05) is 38.1 Å². The van der Waals surface area contributed by atoms with Crippen LogP contribution in [0, 0.1) is 5.41 Å². The van der Waals surface area contributed by atoms with Crippen LogP contribution in [0.1, 0.15) is 26.7 Å². The van der Waals surface area contributed by atoms with Crippen LogP contribution in [0.2, 0.25) is 0 Å². The van der Waals surface area contributed by atoms with Crippen molar-refractivity contribution in [2.45, 2.75) is 26.7 Å². The van der Waals surface area contributed by atoms with Gasteiger partial charge in [0.05, 0.1) is 0 Å². The van der Waals surface area contributed by atoms with Crippen molar-refractivity contribution in [3.05, 3.63) is 0 Å². The molecule has 20 heavy (non-hydrogen) atoms. The summed E-state index contributed by atoms with van der Waals surface area (Å²) in [6.45, 7) is 9.03. The van der Waals surface area contributed by atoms with E-state index in [1.54, 1.807) is 4.90 Å². The molecule has 0 aromatic rings. The minimum atomic E-state index is -0.223. The summed E-state index contributed by atoms with van der Waals surface area (Å²) in [6, 6.07) is -0.0207. The fraction of sp³-hybridized carbons (Fsp3) is 0.857. The number of carbonyl (C=O) groups is 2. The minimum absolute atomic E-state index is 0.0207. The normalized spacial score (nSPS) is 22.5. The predicted octanol–water partition coefficient (Wildman–Crippen LogP) is 0.250. The second-order valence-corrected chi connectivity index (χ2v) is 5.93. The van der Waals surface area contributed by atoms with Crippen LogP contribution in [0.25, 0.3) is 0 Å². The molecule has 2 heterocycles. The maximum absolute atomic E-state index is 12.7. The van der Waals surface area contributed by atoms with Gasteiger partial charge in [-0.3, -0.25) is 4.79 Å². The molecule has 0 saturated carbocycles. The summed E-state index contributed by atoms with van der Waals surface area (Å²) in [6.07, 6.45) is 1.81. The highest BCUT2D eigenvalue weighted by Crippen LogP contribution is 2.30. The van der Waals surface area contributed by atoms with Crippen LogP contribution in [-0.4, -0.2) is 67.6 Å². The van der Waals surface area contributed by atoms with E-state index in [0.717, 1.165) is 25.9 Å². The number of piperazine rings is 1.